The average Bonchev–Trinajstić information content (AvgIpc) is 2.67. The van der Waals surface area contributed by atoms with E-state index in [0.717, 1.165) is 19.0 Å². The summed E-state index contributed by atoms with van der Waals surface area (Å²) in [5, 5.41) is 0. The monoisotopic (exact) mass is 262 g/mol. The lowest BCUT2D eigenvalue weighted by Crippen LogP contribution is -2.22. The van der Waals surface area contributed by atoms with E-state index in [2.05, 4.69) is 35.2 Å². The summed E-state index contributed by atoms with van der Waals surface area (Å²) in [4.78, 5) is 2.49. The van der Waals surface area contributed by atoms with E-state index in [1.165, 1.54) is 25.1 Å². The number of rotatable bonds is 3. The Kier molecular flexibility index (Phi) is 7.77. The van der Waals surface area contributed by atoms with Gasteiger partial charge in [-0.1, -0.05) is 30.3 Å². The molecule has 0 amide bonds. The van der Waals surface area contributed by atoms with Crippen LogP contribution in [0.5, 0.6) is 0 Å². The molecular weight excluding hydrogens is 243 g/mol. The highest BCUT2D eigenvalue weighted by Gasteiger charge is 2.20. The second-order valence-electron chi connectivity index (χ2n) is 4.11. The third-order valence-electron chi connectivity index (χ3n) is 2.95. The van der Waals surface area contributed by atoms with Gasteiger partial charge >= 0.3 is 0 Å². The van der Waals surface area contributed by atoms with Gasteiger partial charge in [-0.15, -0.1) is 24.8 Å². The van der Waals surface area contributed by atoms with E-state index in [0.29, 0.717) is 0 Å². The van der Waals surface area contributed by atoms with Crippen molar-refractivity contribution >= 4 is 24.8 Å². The number of likely N-dealkylation sites (tertiary alicyclic amines) is 1. The smallest absolute Gasteiger partial charge is 0.0233 e. The molecule has 0 aromatic heterocycles. The van der Waals surface area contributed by atoms with Crippen molar-refractivity contribution in [3.8, 4) is 0 Å². The molecule has 1 heterocycles. The van der Waals surface area contributed by atoms with Crippen molar-refractivity contribution in [2.24, 2.45) is 11.7 Å². The largest absolute Gasteiger partial charge is 0.330 e. The Morgan fingerprint density at radius 1 is 1.19 bits per heavy atom. The first kappa shape index (κ1) is 15.7. The number of nitrogens with two attached hydrogens (primary N) is 1. The van der Waals surface area contributed by atoms with Crippen LogP contribution in [0.15, 0.2) is 30.3 Å². The number of halogens is 2. The minimum Gasteiger partial charge on any atom is -0.330 e. The van der Waals surface area contributed by atoms with Crippen molar-refractivity contribution in [3.05, 3.63) is 35.9 Å². The van der Waals surface area contributed by atoms with Gasteiger partial charge in [0.1, 0.15) is 0 Å². The minimum absolute atomic E-state index is 0. The fraction of sp³-hybridized carbons (Fsp3) is 0.500. The first-order valence-corrected chi connectivity index (χ1v) is 5.35. The van der Waals surface area contributed by atoms with Crippen LogP contribution in [0.2, 0.25) is 0 Å². The van der Waals surface area contributed by atoms with Crippen LogP contribution in [0.3, 0.4) is 0 Å². The van der Waals surface area contributed by atoms with Gasteiger partial charge in [-0.25, -0.2) is 0 Å². The molecule has 1 fully saturated rings. The Hall–Kier alpha value is -0.280. The maximum atomic E-state index is 5.66. The van der Waals surface area contributed by atoms with Crippen LogP contribution in [0.4, 0.5) is 0 Å². The SMILES string of the molecule is Cl.Cl.NCC1CCN(Cc2ccccc2)C1. The predicted molar refractivity (Wildman–Crippen MR) is 73.4 cm³/mol. The van der Waals surface area contributed by atoms with Gasteiger partial charge in [0.25, 0.3) is 0 Å². The van der Waals surface area contributed by atoms with Crippen LogP contribution >= 0.6 is 24.8 Å². The molecular formula is C12H20Cl2N2. The Morgan fingerprint density at radius 3 is 2.44 bits per heavy atom. The van der Waals surface area contributed by atoms with E-state index in [9.17, 15) is 0 Å². The van der Waals surface area contributed by atoms with Gasteiger partial charge in [0.15, 0.2) is 0 Å². The van der Waals surface area contributed by atoms with E-state index < -0.39 is 0 Å². The first-order chi connectivity index (χ1) is 6.88. The zero-order chi connectivity index (χ0) is 9.80. The second kappa shape index (κ2) is 7.91. The predicted octanol–water partition coefficient (Wildman–Crippen LogP) is 2.31. The zero-order valence-electron chi connectivity index (χ0n) is 9.34. The highest BCUT2D eigenvalue weighted by atomic mass is 35.5. The summed E-state index contributed by atoms with van der Waals surface area (Å²) in [6, 6.07) is 10.7. The van der Waals surface area contributed by atoms with Gasteiger partial charge in [0, 0.05) is 13.1 Å². The van der Waals surface area contributed by atoms with Crippen LogP contribution in [-0.4, -0.2) is 24.5 Å². The molecule has 0 aliphatic carbocycles. The normalized spacial score (nSPS) is 19.9. The highest BCUT2D eigenvalue weighted by molar-refractivity contribution is 5.85. The molecule has 1 atom stereocenters. The van der Waals surface area contributed by atoms with Crippen LogP contribution in [0.25, 0.3) is 0 Å². The molecule has 2 nitrogen and oxygen atoms in total. The van der Waals surface area contributed by atoms with E-state index in [1.807, 2.05) is 0 Å². The van der Waals surface area contributed by atoms with Crippen LogP contribution in [-0.2, 0) is 6.54 Å². The fourth-order valence-corrected chi connectivity index (χ4v) is 2.09. The molecule has 1 aliphatic rings. The van der Waals surface area contributed by atoms with Crippen molar-refractivity contribution in [1.82, 2.24) is 4.90 Å². The Bertz CT molecular complexity index is 280. The minimum atomic E-state index is 0. The van der Waals surface area contributed by atoms with Gasteiger partial charge in [-0.2, -0.15) is 0 Å². The molecule has 0 saturated carbocycles. The number of benzene rings is 1. The van der Waals surface area contributed by atoms with Crippen LogP contribution in [0, 0.1) is 5.92 Å². The molecule has 0 bridgehead atoms. The Labute approximate surface area is 110 Å². The molecule has 1 aromatic rings. The second-order valence-corrected chi connectivity index (χ2v) is 4.11. The third-order valence-corrected chi connectivity index (χ3v) is 2.95. The molecule has 16 heavy (non-hydrogen) atoms. The van der Waals surface area contributed by atoms with Crippen molar-refractivity contribution in [1.29, 1.82) is 0 Å². The first-order valence-electron chi connectivity index (χ1n) is 5.35. The van der Waals surface area contributed by atoms with E-state index in [-0.39, 0.29) is 24.8 Å². The molecule has 1 saturated heterocycles. The number of hydrogen-bond donors (Lipinski definition) is 1. The lowest BCUT2D eigenvalue weighted by atomic mass is 10.1. The van der Waals surface area contributed by atoms with Crippen molar-refractivity contribution in [2.45, 2.75) is 13.0 Å². The summed E-state index contributed by atoms with van der Waals surface area (Å²) in [6.45, 7) is 4.30. The van der Waals surface area contributed by atoms with Crippen LogP contribution < -0.4 is 5.73 Å². The zero-order valence-corrected chi connectivity index (χ0v) is 11.0. The maximum absolute atomic E-state index is 5.66. The average molecular weight is 263 g/mol. The molecule has 1 unspecified atom stereocenters. The van der Waals surface area contributed by atoms with Gasteiger partial charge in [0.05, 0.1) is 0 Å². The van der Waals surface area contributed by atoms with Gasteiger partial charge in [0.2, 0.25) is 0 Å². The molecule has 4 heteroatoms. The van der Waals surface area contributed by atoms with E-state index in [4.69, 9.17) is 5.73 Å². The van der Waals surface area contributed by atoms with E-state index >= 15 is 0 Å². The standard InChI is InChI=1S/C12H18N2.2ClH/c13-8-12-6-7-14(10-12)9-11-4-2-1-3-5-11;;/h1-5,12H,6-10,13H2;2*1H. The molecule has 0 spiro atoms. The molecule has 0 radical (unpaired) electrons. The quantitative estimate of drug-likeness (QED) is 0.906. The summed E-state index contributed by atoms with van der Waals surface area (Å²) in [5.41, 5.74) is 7.07. The maximum Gasteiger partial charge on any atom is 0.0233 e. The lowest BCUT2D eigenvalue weighted by molar-refractivity contribution is 0.318. The Morgan fingerprint density at radius 2 is 1.88 bits per heavy atom. The van der Waals surface area contributed by atoms with Gasteiger partial charge in [-0.05, 0) is 31.0 Å². The molecule has 92 valence electrons. The molecule has 1 aliphatic heterocycles. The lowest BCUT2D eigenvalue weighted by Gasteiger charge is -2.15. The van der Waals surface area contributed by atoms with E-state index in [1.54, 1.807) is 0 Å². The van der Waals surface area contributed by atoms with Crippen molar-refractivity contribution in [3.63, 3.8) is 0 Å². The Balaban J connectivity index is 0.00000112. The number of nitrogens with zero attached hydrogens (tertiary/aromatic N) is 1. The van der Waals surface area contributed by atoms with Gasteiger partial charge < -0.3 is 5.73 Å². The highest BCUT2D eigenvalue weighted by Crippen LogP contribution is 2.17. The molecule has 2 rings (SSSR count). The summed E-state index contributed by atoms with van der Waals surface area (Å²) in [6.07, 6.45) is 1.27. The summed E-state index contributed by atoms with van der Waals surface area (Å²) < 4.78 is 0. The van der Waals surface area contributed by atoms with Crippen LogP contribution in [0.1, 0.15) is 12.0 Å². The summed E-state index contributed by atoms with van der Waals surface area (Å²) in [5.74, 6) is 0.721. The fourth-order valence-electron chi connectivity index (χ4n) is 2.09. The molecule has 1 aromatic carbocycles. The van der Waals surface area contributed by atoms with Gasteiger partial charge in [-0.3, -0.25) is 4.90 Å². The van der Waals surface area contributed by atoms with Crippen molar-refractivity contribution in [2.75, 3.05) is 19.6 Å². The molecule has 2 N–H and O–H groups in total. The third kappa shape index (κ3) is 4.30. The summed E-state index contributed by atoms with van der Waals surface area (Å²) in [7, 11) is 0. The topological polar surface area (TPSA) is 29.3 Å². The summed E-state index contributed by atoms with van der Waals surface area (Å²) >= 11 is 0. The number of hydrogen-bond acceptors (Lipinski definition) is 2. The van der Waals surface area contributed by atoms with Crippen molar-refractivity contribution < 1.29 is 0 Å².